The van der Waals surface area contributed by atoms with Crippen LogP contribution < -0.4 is 0 Å². The molecule has 0 radical (unpaired) electrons. The van der Waals surface area contributed by atoms with E-state index in [0.29, 0.717) is 5.56 Å². The number of aliphatic carboxylic acids is 1. The number of carboxylic acid groups (broad SMARTS) is 1. The van der Waals surface area contributed by atoms with E-state index in [0.717, 1.165) is 17.3 Å². The van der Waals surface area contributed by atoms with Gasteiger partial charge in [0.05, 0.1) is 5.75 Å². The number of allylic oxidation sites excluding steroid dienone is 1. The van der Waals surface area contributed by atoms with Gasteiger partial charge in [0, 0.05) is 5.56 Å². The molecular weight excluding hydrogens is 224 g/mol. The van der Waals surface area contributed by atoms with Crippen LogP contribution in [0.5, 0.6) is 0 Å². The van der Waals surface area contributed by atoms with Gasteiger partial charge >= 0.3 is 5.97 Å². The monoisotopic (exact) mass is 236 g/mol. The molecule has 0 aliphatic carbocycles. The van der Waals surface area contributed by atoms with E-state index in [-0.39, 0.29) is 11.5 Å². The first-order valence-corrected chi connectivity index (χ1v) is 5.75. The standard InChI is InChI=1S/C12H12O3S/c1-9-2-4-10(5-3-9)11(13)6-7-16-8-12(14)15/h2-7H,8H2,1H3,(H,14,15). The fourth-order valence-corrected chi connectivity index (χ4v) is 1.50. The lowest BCUT2D eigenvalue weighted by atomic mass is 10.1. The van der Waals surface area contributed by atoms with Crippen LogP contribution in [0.2, 0.25) is 0 Å². The molecule has 16 heavy (non-hydrogen) atoms. The summed E-state index contributed by atoms with van der Waals surface area (Å²) in [5.74, 6) is -1.03. The van der Waals surface area contributed by atoms with E-state index in [1.165, 1.54) is 11.5 Å². The van der Waals surface area contributed by atoms with E-state index in [2.05, 4.69) is 0 Å². The maximum atomic E-state index is 11.6. The Labute approximate surface area is 98.2 Å². The molecule has 0 bridgehead atoms. The number of carbonyl (C=O) groups is 2. The summed E-state index contributed by atoms with van der Waals surface area (Å²) >= 11 is 1.09. The first kappa shape index (κ1) is 12.5. The highest BCUT2D eigenvalue weighted by molar-refractivity contribution is 8.02. The Morgan fingerprint density at radius 2 is 1.94 bits per heavy atom. The predicted octanol–water partition coefficient (Wildman–Crippen LogP) is 2.51. The van der Waals surface area contributed by atoms with Crippen molar-refractivity contribution < 1.29 is 14.7 Å². The van der Waals surface area contributed by atoms with E-state index in [9.17, 15) is 9.59 Å². The molecule has 0 aromatic heterocycles. The second-order valence-corrected chi connectivity index (χ2v) is 4.13. The summed E-state index contributed by atoms with van der Waals surface area (Å²) in [7, 11) is 0. The van der Waals surface area contributed by atoms with Crippen LogP contribution in [0.1, 0.15) is 15.9 Å². The molecule has 3 nitrogen and oxygen atoms in total. The summed E-state index contributed by atoms with van der Waals surface area (Å²) in [6.07, 6.45) is 1.39. The molecule has 1 rings (SSSR count). The van der Waals surface area contributed by atoms with Gasteiger partial charge in [0.1, 0.15) is 0 Å². The first-order chi connectivity index (χ1) is 7.59. The summed E-state index contributed by atoms with van der Waals surface area (Å²) in [5, 5.41) is 9.90. The third kappa shape index (κ3) is 4.31. The summed E-state index contributed by atoms with van der Waals surface area (Å²) in [6, 6.07) is 7.24. The number of thioether (sulfide) groups is 1. The van der Waals surface area contributed by atoms with E-state index in [1.54, 1.807) is 12.1 Å². The maximum Gasteiger partial charge on any atom is 0.313 e. The number of ketones is 1. The van der Waals surface area contributed by atoms with Gasteiger partial charge in [-0.1, -0.05) is 29.8 Å². The van der Waals surface area contributed by atoms with E-state index in [4.69, 9.17) is 5.11 Å². The molecule has 0 saturated carbocycles. The van der Waals surface area contributed by atoms with Gasteiger partial charge in [-0.2, -0.15) is 0 Å². The molecule has 1 N–H and O–H groups in total. The molecule has 0 heterocycles. The zero-order valence-electron chi connectivity index (χ0n) is 8.84. The summed E-state index contributed by atoms with van der Waals surface area (Å²) in [5.41, 5.74) is 1.71. The molecule has 0 unspecified atom stereocenters. The van der Waals surface area contributed by atoms with Gasteiger partial charge in [0.15, 0.2) is 5.78 Å². The number of carbonyl (C=O) groups excluding carboxylic acids is 1. The molecule has 0 saturated heterocycles. The summed E-state index contributed by atoms with van der Waals surface area (Å²) < 4.78 is 0. The lowest BCUT2D eigenvalue weighted by molar-refractivity contribution is -0.133. The minimum atomic E-state index is -0.891. The summed E-state index contributed by atoms with van der Waals surface area (Å²) in [6.45, 7) is 1.95. The van der Waals surface area contributed by atoms with Crippen LogP contribution in [0.4, 0.5) is 0 Å². The largest absolute Gasteiger partial charge is 0.481 e. The molecule has 0 aliphatic rings. The van der Waals surface area contributed by atoms with Gasteiger partial charge in [0.25, 0.3) is 0 Å². The highest BCUT2D eigenvalue weighted by Crippen LogP contribution is 2.07. The Balaban J connectivity index is 2.52. The van der Waals surface area contributed by atoms with E-state index >= 15 is 0 Å². The predicted molar refractivity (Wildman–Crippen MR) is 64.7 cm³/mol. The number of benzene rings is 1. The fourth-order valence-electron chi connectivity index (χ4n) is 1.04. The van der Waals surface area contributed by atoms with Gasteiger partial charge in [-0.25, -0.2) is 0 Å². The SMILES string of the molecule is Cc1ccc(C(=O)C=CSCC(=O)O)cc1. The molecule has 1 aromatic rings. The molecule has 4 heteroatoms. The molecule has 84 valence electrons. The van der Waals surface area contributed by atoms with Gasteiger partial charge in [0.2, 0.25) is 0 Å². The van der Waals surface area contributed by atoms with Gasteiger partial charge in [-0.15, -0.1) is 11.8 Å². The van der Waals surface area contributed by atoms with Crippen molar-refractivity contribution in [1.29, 1.82) is 0 Å². The van der Waals surface area contributed by atoms with Crippen LogP contribution in [0, 0.1) is 6.92 Å². The van der Waals surface area contributed by atoms with Crippen LogP contribution >= 0.6 is 11.8 Å². The topological polar surface area (TPSA) is 54.4 Å². The number of aryl methyl sites for hydroxylation is 1. The quantitative estimate of drug-likeness (QED) is 0.630. The number of hydrogen-bond donors (Lipinski definition) is 1. The van der Waals surface area contributed by atoms with Crippen molar-refractivity contribution in [3.05, 3.63) is 46.9 Å². The van der Waals surface area contributed by atoms with Crippen molar-refractivity contribution in [2.75, 3.05) is 5.75 Å². The van der Waals surface area contributed by atoms with Crippen LogP contribution in [-0.2, 0) is 4.79 Å². The third-order valence-corrected chi connectivity index (χ3v) is 2.60. The highest BCUT2D eigenvalue weighted by Gasteiger charge is 2.00. The van der Waals surface area contributed by atoms with Crippen LogP contribution in [0.15, 0.2) is 35.7 Å². The highest BCUT2D eigenvalue weighted by atomic mass is 32.2. The lowest BCUT2D eigenvalue weighted by Crippen LogP contribution is -1.97. The molecule has 0 aliphatic heterocycles. The molecule has 0 fully saturated rings. The smallest absolute Gasteiger partial charge is 0.313 e. The zero-order chi connectivity index (χ0) is 12.0. The average Bonchev–Trinajstić information content (AvgIpc) is 2.25. The minimum absolute atomic E-state index is 0.0301. The lowest BCUT2D eigenvalue weighted by Gasteiger charge is -1.96. The van der Waals surface area contributed by atoms with Crippen molar-refractivity contribution in [1.82, 2.24) is 0 Å². The normalized spacial score (nSPS) is 10.6. The van der Waals surface area contributed by atoms with E-state index in [1.807, 2.05) is 19.1 Å². The van der Waals surface area contributed by atoms with Crippen LogP contribution in [0.25, 0.3) is 0 Å². The van der Waals surface area contributed by atoms with Crippen molar-refractivity contribution in [2.24, 2.45) is 0 Å². The number of carboxylic acids is 1. The van der Waals surface area contributed by atoms with Crippen molar-refractivity contribution in [2.45, 2.75) is 6.92 Å². The summed E-state index contributed by atoms with van der Waals surface area (Å²) in [4.78, 5) is 21.8. The second-order valence-electron chi connectivity index (χ2n) is 3.24. The second kappa shape index (κ2) is 6.12. The van der Waals surface area contributed by atoms with Crippen LogP contribution in [-0.4, -0.2) is 22.6 Å². The Kier molecular flexibility index (Phi) is 4.79. The van der Waals surface area contributed by atoms with E-state index < -0.39 is 5.97 Å². The Morgan fingerprint density at radius 1 is 1.31 bits per heavy atom. The Morgan fingerprint density at radius 3 is 2.50 bits per heavy atom. The first-order valence-electron chi connectivity index (χ1n) is 4.70. The molecule has 1 aromatic carbocycles. The van der Waals surface area contributed by atoms with Crippen LogP contribution in [0.3, 0.4) is 0 Å². The Bertz CT molecular complexity index is 407. The maximum absolute atomic E-state index is 11.6. The molecule has 0 atom stereocenters. The molecule has 0 spiro atoms. The van der Waals surface area contributed by atoms with Crippen molar-refractivity contribution in [3.8, 4) is 0 Å². The zero-order valence-corrected chi connectivity index (χ0v) is 9.66. The van der Waals surface area contributed by atoms with Crippen molar-refractivity contribution >= 4 is 23.5 Å². The van der Waals surface area contributed by atoms with Gasteiger partial charge < -0.3 is 5.11 Å². The fraction of sp³-hybridized carbons (Fsp3) is 0.167. The van der Waals surface area contributed by atoms with Gasteiger partial charge in [-0.05, 0) is 18.4 Å². The molecule has 0 amide bonds. The Hall–Kier alpha value is -1.55. The van der Waals surface area contributed by atoms with Crippen molar-refractivity contribution in [3.63, 3.8) is 0 Å². The number of hydrogen-bond acceptors (Lipinski definition) is 3. The average molecular weight is 236 g/mol. The molecular formula is C12H12O3S. The minimum Gasteiger partial charge on any atom is -0.481 e. The third-order valence-electron chi connectivity index (χ3n) is 1.86. The van der Waals surface area contributed by atoms with Gasteiger partial charge in [-0.3, -0.25) is 9.59 Å². The number of rotatable bonds is 5.